The van der Waals surface area contributed by atoms with Crippen LogP contribution < -0.4 is 10.1 Å². The number of aryl methyl sites for hydroxylation is 1. The summed E-state index contributed by atoms with van der Waals surface area (Å²) in [6, 6.07) is 17.6. The van der Waals surface area contributed by atoms with Crippen molar-refractivity contribution in [2.75, 3.05) is 11.9 Å². The summed E-state index contributed by atoms with van der Waals surface area (Å²) in [6.45, 7) is 6.02. The molecule has 0 fully saturated rings. The van der Waals surface area contributed by atoms with E-state index in [4.69, 9.17) is 16.3 Å². The average molecular weight is 368 g/mol. The molecule has 0 aliphatic heterocycles. The van der Waals surface area contributed by atoms with Crippen LogP contribution in [0.1, 0.15) is 30.9 Å². The van der Waals surface area contributed by atoms with Gasteiger partial charge in [0, 0.05) is 16.1 Å². The van der Waals surface area contributed by atoms with E-state index in [2.05, 4.69) is 19.2 Å². The number of hydrogen-bond acceptors (Lipinski definition) is 2. The first-order chi connectivity index (χ1) is 12.5. The molecule has 3 aromatic carbocycles. The Morgan fingerprint density at radius 1 is 1.12 bits per heavy atom. The number of ether oxygens (including phenoxy) is 1. The van der Waals surface area contributed by atoms with Crippen molar-refractivity contribution in [3.63, 3.8) is 0 Å². The third kappa shape index (κ3) is 4.00. The van der Waals surface area contributed by atoms with Gasteiger partial charge < -0.3 is 10.1 Å². The molecule has 0 radical (unpaired) electrons. The highest BCUT2D eigenvalue weighted by Crippen LogP contribution is 2.32. The van der Waals surface area contributed by atoms with E-state index in [0.717, 1.165) is 27.6 Å². The number of nitrogens with one attached hydrogen (secondary N) is 1. The smallest absolute Gasteiger partial charge is 0.262 e. The van der Waals surface area contributed by atoms with E-state index in [1.165, 1.54) is 0 Å². The molecule has 0 saturated carbocycles. The maximum Gasteiger partial charge on any atom is 0.262 e. The molecule has 26 heavy (non-hydrogen) atoms. The molecule has 1 N–H and O–H groups in total. The van der Waals surface area contributed by atoms with Crippen molar-refractivity contribution in [2.45, 2.75) is 26.7 Å². The number of fused-ring (bicyclic) bond motifs is 1. The molecule has 0 aliphatic rings. The molecular formula is C22H22ClNO2. The number of benzene rings is 3. The number of hydrogen-bond donors (Lipinski definition) is 1. The molecule has 4 heteroatoms. The van der Waals surface area contributed by atoms with Crippen LogP contribution in [-0.4, -0.2) is 12.5 Å². The minimum absolute atomic E-state index is 0.0516. The van der Waals surface area contributed by atoms with Crippen molar-refractivity contribution in [3.05, 3.63) is 70.7 Å². The minimum Gasteiger partial charge on any atom is -0.483 e. The lowest BCUT2D eigenvalue weighted by atomic mass is 10.0. The zero-order valence-corrected chi connectivity index (χ0v) is 15.9. The second kappa shape index (κ2) is 7.79. The van der Waals surface area contributed by atoms with Gasteiger partial charge >= 0.3 is 0 Å². The van der Waals surface area contributed by atoms with Gasteiger partial charge in [-0.15, -0.1) is 0 Å². The van der Waals surface area contributed by atoms with Crippen LogP contribution in [0.25, 0.3) is 10.8 Å². The maximum atomic E-state index is 12.4. The third-order valence-electron chi connectivity index (χ3n) is 4.34. The topological polar surface area (TPSA) is 38.3 Å². The molecule has 1 amide bonds. The molecule has 0 saturated heterocycles. The summed E-state index contributed by atoms with van der Waals surface area (Å²) in [5.41, 5.74) is 2.71. The van der Waals surface area contributed by atoms with Gasteiger partial charge in [0.2, 0.25) is 0 Å². The Bertz CT molecular complexity index is 945. The van der Waals surface area contributed by atoms with Gasteiger partial charge in [-0.2, -0.15) is 0 Å². The molecule has 0 heterocycles. The maximum absolute atomic E-state index is 12.4. The summed E-state index contributed by atoms with van der Waals surface area (Å²) < 4.78 is 5.81. The summed E-state index contributed by atoms with van der Waals surface area (Å²) in [5.74, 6) is 0.767. The van der Waals surface area contributed by atoms with Gasteiger partial charge in [-0.05, 0) is 47.6 Å². The average Bonchev–Trinajstić information content (AvgIpc) is 2.62. The Morgan fingerprint density at radius 3 is 2.62 bits per heavy atom. The van der Waals surface area contributed by atoms with E-state index in [1.54, 1.807) is 0 Å². The highest BCUT2D eigenvalue weighted by atomic mass is 35.5. The second-order valence-corrected chi connectivity index (χ2v) is 7.06. The molecule has 3 rings (SSSR count). The van der Waals surface area contributed by atoms with Gasteiger partial charge in [-0.3, -0.25) is 4.79 Å². The fraction of sp³-hybridized carbons (Fsp3) is 0.227. The van der Waals surface area contributed by atoms with E-state index in [0.29, 0.717) is 10.8 Å². The van der Waals surface area contributed by atoms with Crippen molar-refractivity contribution >= 4 is 34.0 Å². The Balaban J connectivity index is 1.74. The number of rotatable bonds is 5. The van der Waals surface area contributed by atoms with E-state index in [-0.39, 0.29) is 18.4 Å². The number of carbonyl (C=O) groups excluding carboxylic acids is 1. The summed E-state index contributed by atoms with van der Waals surface area (Å²) in [7, 11) is 0. The van der Waals surface area contributed by atoms with E-state index in [1.807, 2.05) is 61.5 Å². The van der Waals surface area contributed by atoms with E-state index < -0.39 is 0 Å². The lowest BCUT2D eigenvalue weighted by Crippen LogP contribution is -2.20. The van der Waals surface area contributed by atoms with Crippen LogP contribution in [0.5, 0.6) is 5.75 Å². The fourth-order valence-electron chi connectivity index (χ4n) is 2.91. The highest BCUT2D eigenvalue weighted by Gasteiger charge is 2.13. The van der Waals surface area contributed by atoms with E-state index >= 15 is 0 Å². The van der Waals surface area contributed by atoms with Crippen molar-refractivity contribution in [1.29, 1.82) is 0 Å². The Kier molecular flexibility index (Phi) is 5.48. The standard InChI is InChI=1S/C22H22ClNO2/c1-14(2)18-12-19(23)15(3)11-21(18)26-13-22(25)24-20-10-6-8-16-7-4-5-9-17(16)20/h4-12,14H,13H2,1-3H3,(H,24,25). The van der Waals surface area contributed by atoms with Crippen LogP contribution in [0, 0.1) is 6.92 Å². The lowest BCUT2D eigenvalue weighted by Gasteiger charge is -2.16. The Labute approximate surface area is 158 Å². The fourth-order valence-corrected chi connectivity index (χ4v) is 3.08. The number of halogens is 1. The second-order valence-electron chi connectivity index (χ2n) is 6.66. The van der Waals surface area contributed by atoms with Crippen molar-refractivity contribution < 1.29 is 9.53 Å². The van der Waals surface area contributed by atoms with E-state index in [9.17, 15) is 4.79 Å². The van der Waals surface area contributed by atoms with Crippen LogP contribution in [-0.2, 0) is 4.79 Å². The SMILES string of the molecule is Cc1cc(OCC(=O)Nc2cccc3ccccc23)c(C(C)C)cc1Cl. The third-order valence-corrected chi connectivity index (χ3v) is 4.74. The largest absolute Gasteiger partial charge is 0.483 e. The zero-order valence-electron chi connectivity index (χ0n) is 15.2. The molecule has 0 spiro atoms. The molecular weight excluding hydrogens is 346 g/mol. The zero-order chi connectivity index (χ0) is 18.7. The summed E-state index contributed by atoms with van der Waals surface area (Å²) >= 11 is 6.22. The monoisotopic (exact) mass is 367 g/mol. The molecule has 3 aromatic rings. The van der Waals surface area contributed by atoms with Gasteiger partial charge in [-0.1, -0.05) is 61.8 Å². The quantitative estimate of drug-likeness (QED) is 0.605. The Morgan fingerprint density at radius 2 is 1.85 bits per heavy atom. The summed E-state index contributed by atoms with van der Waals surface area (Å²) in [5, 5.41) is 5.74. The van der Waals surface area contributed by atoms with Crippen molar-refractivity contribution in [1.82, 2.24) is 0 Å². The molecule has 0 unspecified atom stereocenters. The molecule has 0 aromatic heterocycles. The predicted octanol–water partition coefficient (Wildman–Crippen LogP) is 5.94. The van der Waals surface area contributed by atoms with Crippen molar-refractivity contribution in [2.24, 2.45) is 0 Å². The van der Waals surface area contributed by atoms with Crippen molar-refractivity contribution in [3.8, 4) is 5.75 Å². The minimum atomic E-state index is -0.191. The van der Waals surface area contributed by atoms with Gasteiger partial charge in [0.1, 0.15) is 5.75 Å². The van der Waals surface area contributed by atoms with Crippen LogP contribution in [0.15, 0.2) is 54.6 Å². The van der Waals surface area contributed by atoms with Crippen LogP contribution in [0.4, 0.5) is 5.69 Å². The van der Waals surface area contributed by atoms with Gasteiger partial charge in [0.15, 0.2) is 6.61 Å². The first-order valence-electron chi connectivity index (χ1n) is 8.66. The molecule has 134 valence electrons. The first kappa shape index (κ1) is 18.3. The number of anilines is 1. The normalized spacial score (nSPS) is 11.0. The highest BCUT2D eigenvalue weighted by molar-refractivity contribution is 6.31. The number of amides is 1. The van der Waals surface area contributed by atoms with Crippen LogP contribution >= 0.6 is 11.6 Å². The first-order valence-corrected chi connectivity index (χ1v) is 9.04. The van der Waals surface area contributed by atoms with Gasteiger partial charge in [0.25, 0.3) is 5.91 Å². The predicted molar refractivity (Wildman–Crippen MR) is 108 cm³/mol. The molecule has 3 nitrogen and oxygen atoms in total. The van der Waals surface area contributed by atoms with Crippen LogP contribution in [0.3, 0.4) is 0 Å². The van der Waals surface area contributed by atoms with Gasteiger partial charge in [-0.25, -0.2) is 0 Å². The summed E-state index contributed by atoms with van der Waals surface area (Å²) in [4.78, 5) is 12.4. The van der Waals surface area contributed by atoms with Gasteiger partial charge in [0.05, 0.1) is 0 Å². The Hall–Kier alpha value is -2.52. The molecule has 0 bridgehead atoms. The molecule has 0 atom stereocenters. The van der Waals surface area contributed by atoms with Crippen LogP contribution in [0.2, 0.25) is 5.02 Å². The summed E-state index contributed by atoms with van der Waals surface area (Å²) in [6.07, 6.45) is 0. The number of carbonyl (C=O) groups is 1. The molecule has 0 aliphatic carbocycles. The lowest BCUT2D eigenvalue weighted by molar-refractivity contribution is -0.118.